The van der Waals surface area contributed by atoms with Crippen molar-refractivity contribution in [2.24, 2.45) is 5.92 Å². The van der Waals surface area contributed by atoms with Crippen LogP contribution in [0.5, 0.6) is 0 Å². The minimum atomic E-state index is 0.117. The molecule has 3 aromatic rings. The largest absolute Gasteiger partial charge is 0.339 e. The Bertz CT molecular complexity index is 929. The van der Waals surface area contributed by atoms with Gasteiger partial charge in [-0.15, -0.1) is 0 Å². The number of amides is 1. The summed E-state index contributed by atoms with van der Waals surface area (Å²) in [6.07, 6.45) is 5.15. The molecule has 1 saturated heterocycles. The average molecular weight is 347 g/mol. The number of fused-ring (bicyclic) bond motifs is 3. The summed E-state index contributed by atoms with van der Waals surface area (Å²) < 4.78 is 0. The second kappa shape index (κ2) is 7.42. The first kappa shape index (κ1) is 17.0. The van der Waals surface area contributed by atoms with E-state index in [0.29, 0.717) is 0 Å². The molecule has 0 spiro atoms. The Hall–Kier alpha value is -2.46. The zero-order valence-corrected chi connectivity index (χ0v) is 15.2. The smallest absolute Gasteiger partial charge is 0.256 e. The van der Waals surface area contributed by atoms with E-state index in [-0.39, 0.29) is 5.91 Å². The molecule has 0 saturated carbocycles. The van der Waals surface area contributed by atoms with E-state index in [0.717, 1.165) is 65.6 Å². The molecule has 4 nitrogen and oxygen atoms in total. The fraction of sp³-hybridized carbons (Fsp3) is 0.364. The van der Waals surface area contributed by atoms with Gasteiger partial charge in [0.05, 0.1) is 11.1 Å². The molecule has 4 heteroatoms. The molecular weight excluding hydrogens is 322 g/mol. The highest BCUT2D eigenvalue weighted by molar-refractivity contribution is 6.15. The van der Waals surface area contributed by atoms with Gasteiger partial charge in [0.2, 0.25) is 0 Å². The van der Waals surface area contributed by atoms with Crippen LogP contribution in [-0.4, -0.2) is 42.5 Å². The molecule has 1 N–H and O–H groups in total. The van der Waals surface area contributed by atoms with Crippen molar-refractivity contribution < 1.29 is 4.79 Å². The monoisotopic (exact) mass is 347 g/mol. The molecular formula is C22H25N3O. The van der Waals surface area contributed by atoms with Gasteiger partial charge in [-0.1, -0.05) is 30.3 Å². The van der Waals surface area contributed by atoms with Crippen LogP contribution in [0.15, 0.2) is 48.7 Å². The topological polar surface area (TPSA) is 45.2 Å². The van der Waals surface area contributed by atoms with Crippen molar-refractivity contribution in [3.05, 3.63) is 54.2 Å². The number of benzene rings is 2. The number of likely N-dealkylation sites (tertiary alicyclic amines) is 1. The Morgan fingerprint density at radius 3 is 2.73 bits per heavy atom. The summed E-state index contributed by atoms with van der Waals surface area (Å²) in [6.45, 7) is 2.74. The molecule has 0 radical (unpaired) electrons. The van der Waals surface area contributed by atoms with E-state index in [1.807, 2.05) is 36.2 Å². The third-order valence-electron chi connectivity index (χ3n) is 5.55. The number of nitrogens with one attached hydrogen (secondary N) is 1. The van der Waals surface area contributed by atoms with Crippen molar-refractivity contribution in [1.29, 1.82) is 0 Å². The summed E-state index contributed by atoms with van der Waals surface area (Å²) >= 11 is 0. The first-order chi connectivity index (χ1) is 12.8. The third-order valence-corrected chi connectivity index (χ3v) is 5.55. The van der Waals surface area contributed by atoms with E-state index in [4.69, 9.17) is 0 Å². The molecule has 0 aliphatic carbocycles. The van der Waals surface area contributed by atoms with Gasteiger partial charge in [0.1, 0.15) is 0 Å². The fourth-order valence-corrected chi connectivity index (χ4v) is 4.04. The van der Waals surface area contributed by atoms with Gasteiger partial charge in [0.25, 0.3) is 5.91 Å². The predicted octanol–water partition coefficient (Wildman–Crippen LogP) is 3.85. The molecule has 1 aliphatic rings. The van der Waals surface area contributed by atoms with Crippen molar-refractivity contribution >= 4 is 27.6 Å². The molecule has 2 heterocycles. The molecule has 1 aromatic heterocycles. The highest BCUT2D eigenvalue weighted by Gasteiger charge is 2.25. The first-order valence-corrected chi connectivity index (χ1v) is 9.48. The molecule has 134 valence electrons. The fourth-order valence-electron chi connectivity index (χ4n) is 4.04. The van der Waals surface area contributed by atoms with Crippen molar-refractivity contribution in [1.82, 2.24) is 15.2 Å². The van der Waals surface area contributed by atoms with Crippen LogP contribution >= 0.6 is 0 Å². The first-order valence-electron chi connectivity index (χ1n) is 9.48. The van der Waals surface area contributed by atoms with Crippen molar-refractivity contribution in [3.63, 3.8) is 0 Å². The van der Waals surface area contributed by atoms with Gasteiger partial charge in [-0.05, 0) is 61.7 Å². The summed E-state index contributed by atoms with van der Waals surface area (Å²) in [7, 11) is 2.00. The van der Waals surface area contributed by atoms with Crippen LogP contribution < -0.4 is 5.32 Å². The molecule has 26 heavy (non-hydrogen) atoms. The Balaban J connectivity index is 1.65. The molecule has 1 aliphatic heterocycles. The summed E-state index contributed by atoms with van der Waals surface area (Å²) in [6, 6.07) is 14.2. The van der Waals surface area contributed by atoms with Crippen LogP contribution in [0.2, 0.25) is 0 Å². The van der Waals surface area contributed by atoms with E-state index in [9.17, 15) is 4.79 Å². The molecule has 1 fully saturated rings. The average Bonchev–Trinajstić information content (AvgIpc) is 2.71. The van der Waals surface area contributed by atoms with E-state index >= 15 is 0 Å². The van der Waals surface area contributed by atoms with Gasteiger partial charge in [-0.3, -0.25) is 9.78 Å². The second-order valence-electron chi connectivity index (χ2n) is 7.17. The minimum Gasteiger partial charge on any atom is -0.339 e. The van der Waals surface area contributed by atoms with Crippen LogP contribution in [0.25, 0.3) is 21.7 Å². The molecule has 1 amide bonds. The normalized spacial score (nSPS) is 15.7. The summed E-state index contributed by atoms with van der Waals surface area (Å²) in [5, 5.41) is 6.53. The number of hydrogen-bond donors (Lipinski definition) is 1. The lowest BCUT2D eigenvalue weighted by atomic mass is 9.92. The van der Waals surface area contributed by atoms with E-state index in [1.165, 1.54) is 6.42 Å². The number of carbonyl (C=O) groups excluding carboxylic acids is 1. The maximum absolute atomic E-state index is 13.3. The van der Waals surface area contributed by atoms with Gasteiger partial charge in [-0.25, -0.2) is 0 Å². The van der Waals surface area contributed by atoms with Gasteiger partial charge in [0.15, 0.2) is 0 Å². The zero-order valence-electron chi connectivity index (χ0n) is 15.2. The quantitative estimate of drug-likeness (QED) is 0.729. The summed E-state index contributed by atoms with van der Waals surface area (Å²) in [5.74, 6) is 0.837. The van der Waals surface area contributed by atoms with Crippen molar-refractivity contribution in [2.75, 3.05) is 26.7 Å². The molecule has 2 aromatic carbocycles. The van der Waals surface area contributed by atoms with Gasteiger partial charge >= 0.3 is 0 Å². The third kappa shape index (κ3) is 3.17. The molecule has 4 rings (SSSR count). The van der Waals surface area contributed by atoms with E-state index in [1.54, 1.807) is 6.20 Å². The highest BCUT2D eigenvalue weighted by Crippen LogP contribution is 2.29. The number of rotatable bonds is 4. The van der Waals surface area contributed by atoms with Crippen molar-refractivity contribution in [3.8, 4) is 0 Å². The van der Waals surface area contributed by atoms with Crippen LogP contribution in [-0.2, 0) is 0 Å². The molecule has 0 unspecified atom stereocenters. The summed E-state index contributed by atoms with van der Waals surface area (Å²) in [5.41, 5.74) is 1.54. The maximum Gasteiger partial charge on any atom is 0.256 e. The number of pyridine rings is 1. The number of nitrogens with zero attached hydrogens (tertiary/aromatic N) is 2. The maximum atomic E-state index is 13.3. The van der Waals surface area contributed by atoms with Crippen LogP contribution in [0.3, 0.4) is 0 Å². The lowest BCUT2D eigenvalue weighted by Gasteiger charge is -2.32. The number of piperidine rings is 1. The standard InChI is InChI=1S/C22H25N3O/c1-23-12-8-16-9-13-25(14-10-16)22(26)20-15-17-5-2-3-6-18(17)19-7-4-11-24-21(19)20/h2-7,11,15-16,23H,8-10,12-14H2,1H3. The van der Waals surface area contributed by atoms with E-state index in [2.05, 4.69) is 28.5 Å². The number of aromatic nitrogens is 1. The van der Waals surface area contributed by atoms with Crippen molar-refractivity contribution in [2.45, 2.75) is 19.3 Å². The van der Waals surface area contributed by atoms with Crippen LogP contribution in [0.1, 0.15) is 29.6 Å². The molecule has 0 atom stereocenters. The van der Waals surface area contributed by atoms with E-state index < -0.39 is 0 Å². The van der Waals surface area contributed by atoms with Gasteiger partial charge < -0.3 is 10.2 Å². The van der Waals surface area contributed by atoms with Crippen LogP contribution in [0.4, 0.5) is 0 Å². The highest BCUT2D eigenvalue weighted by atomic mass is 16.2. The summed E-state index contributed by atoms with van der Waals surface area (Å²) in [4.78, 5) is 19.8. The predicted molar refractivity (Wildman–Crippen MR) is 106 cm³/mol. The van der Waals surface area contributed by atoms with Gasteiger partial charge in [0, 0.05) is 24.7 Å². The SMILES string of the molecule is CNCCC1CCN(C(=O)c2cc3ccccc3c3cccnc23)CC1. The lowest BCUT2D eigenvalue weighted by Crippen LogP contribution is -2.39. The zero-order chi connectivity index (χ0) is 17.9. The lowest BCUT2D eigenvalue weighted by molar-refractivity contribution is 0.0689. The second-order valence-corrected chi connectivity index (χ2v) is 7.17. The van der Waals surface area contributed by atoms with Crippen LogP contribution in [0, 0.1) is 5.92 Å². The Labute approximate surface area is 154 Å². The Morgan fingerprint density at radius 1 is 1.15 bits per heavy atom. The Morgan fingerprint density at radius 2 is 1.92 bits per heavy atom. The van der Waals surface area contributed by atoms with Gasteiger partial charge in [-0.2, -0.15) is 0 Å². The minimum absolute atomic E-state index is 0.117. The Kier molecular flexibility index (Phi) is 4.85. The molecule has 0 bridgehead atoms. The number of carbonyl (C=O) groups is 1. The number of hydrogen-bond acceptors (Lipinski definition) is 3.